The lowest BCUT2D eigenvalue weighted by Gasteiger charge is -2.55. The van der Waals surface area contributed by atoms with E-state index in [1.165, 1.54) is 6.08 Å². The summed E-state index contributed by atoms with van der Waals surface area (Å²) in [6.07, 6.45) is 7.77. The van der Waals surface area contributed by atoms with Crippen LogP contribution in [0.1, 0.15) is 133 Å². The number of carbonyl (C=O) groups excluding carboxylic acids is 2. The molecule has 0 radical (unpaired) electrons. The van der Waals surface area contributed by atoms with Crippen molar-refractivity contribution in [2.24, 2.45) is 41.4 Å². The van der Waals surface area contributed by atoms with Crippen LogP contribution in [0.25, 0.3) is 0 Å². The summed E-state index contributed by atoms with van der Waals surface area (Å²) < 4.78 is 34.2. The van der Waals surface area contributed by atoms with Gasteiger partial charge >= 0.3 is 5.97 Å². The number of hydrogen-bond donors (Lipinski definition) is 4. The van der Waals surface area contributed by atoms with E-state index >= 15 is 0 Å². The summed E-state index contributed by atoms with van der Waals surface area (Å²) in [6.45, 7) is 23.3. The molecule has 12 heteroatoms. The van der Waals surface area contributed by atoms with Gasteiger partial charge in [0.1, 0.15) is 11.8 Å². The molecule has 0 aromatic heterocycles. The molecule has 5 heterocycles. The highest BCUT2D eigenvalue weighted by atomic mass is 16.8. The highest BCUT2D eigenvalue weighted by Gasteiger charge is 2.63. The van der Waals surface area contributed by atoms with Gasteiger partial charge in [-0.2, -0.15) is 0 Å². The first-order valence-corrected chi connectivity index (χ1v) is 21.9. The Labute approximate surface area is 340 Å². The van der Waals surface area contributed by atoms with Gasteiger partial charge in [-0.3, -0.25) is 14.4 Å². The van der Waals surface area contributed by atoms with Crippen LogP contribution in [0.5, 0.6) is 0 Å². The molecule has 1 amide bonds. The van der Waals surface area contributed by atoms with E-state index in [1.807, 2.05) is 53.7 Å². The Bertz CT molecular complexity index is 1490. The minimum absolute atomic E-state index is 0.0129. The third-order valence-corrected chi connectivity index (χ3v) is 15.0. The Kier molecular flexibility index (Phi) is 14.3. The second kappa shape index (κ2) is 17.8. The van der Waals surface area contributed by atoms with Crippen molar-refractivity contribution >= 4 is 17.7 Å². The maximum Gasteiger partial charge on any atom is 0.309 e. The first-order valence-electron chi connectivity index (χ1n) is 21.9. The van der Waals surface area contributed by atoms with Gasteiger partial charge in [-0.25, -0.2) is 0 Å². The summed E-state index contributed by atoms with van der Waals surface area (Å²) in [5.74, 6) is -6.29. The van der Waals surface area contributed by atoms with Crippen molar-refractivity contribution in [3.05, 3.63) is 24.8 Å². The van der Waals surface area contributed by atoms with E-state index < -0.39 is 76.8 Å². The summed E-state index contributed by atoms with van der Waals surface area (Å²) in [7, 11) is 0. The molecule has 5 aliphatic rings. The molecule has 4 N–H and O–H groups in total. The van der Waals surface area contributed by atoms with Gasteiger partial charge in [0.2, 0.25) is 5.91 Å². The second-order valence-corrected chi connectivity index (χ2v) is 18.7. The Hall–Kier alpha value is -2.19. The van der Waals surface area contributed by atoms with E-state index in [-0.39, 0.29) is 47.8 Å². The van der Waals surface area contributed by atoms with Gasteiger partial charge in [-0.15, -0.1) is 0 Å². The van der Waals surface area contributed by atoms with Crippen molar-refractivity contribution < 1.29 is 53.4 Å². The molecule has 5 rings (SSSR count). The number of carbonyl (C=O) groups is 3. The molecule has 324 valence electrons. The molecule has 5 aliphatic heterocycles. The molecule has 4 fully saturated rings. The zero-order valence-electron chi connectivity index (χ0n) is 36.2. The average molecular weight is 804 g/mol. The van der Waals surface area contributed by atoms with Crippen LogP contribution < -0.4 is 5.32 Å². The molecule has 0 bridgehead atoms. The topological polar surface area (TPSA) is 170 Å². The van der Waals surface area contributed by atoms with Crippen LogP contribution in [0.4, 0.5) is 0 Å². The fraction of sp³-hybridized carbons (Fsp3) is 0.844. The zero-order valence-corrected chi connectivity index (χ0v) is 36.2. The van der Waals surface area contributed by atoms with E-state index in [9.17, 15) is 29.7 Å². The van der Waals surface area contributed by atoms with Gasteiger partial charge in [0.25, 0.3) is 0 Å². The maximum absolute atomic E-state index is 14.6. The monoisotopic (exact) mass is 804 g/mol. The van der Waals surface area contributed by atoms with Gasteiger partial charge in [0.05, 0.1) is 53.7 Å². The van der Waals surface area contributed by atoms with E-state index in [0.29, 0.717) is 57.8 Å². The van der Waals surface area contributed by atoms with Crippen LogP contribution in [0, 0.1) is 41.4 Å². The van der Waals surface area contributed by atoms with Crippen LogP contribution in [0.15, 0.2) is 24.8 Å². The number of aliphatic hydroxyl groups excluding tert-OH is 1. The zero-order chi connectivity index (χ0) is 42.2. The van der Waals surface area contributed by atoms with Crippen LogP contribution in [-0.2, 0) is 38.1 Å². The smallest absolute Gasteiger partial charge is 0.309 e. The lowest BCUT2D eigenvalue weighted by Crippen LogP contribution is -2.65. The first-order chi connectivity index (χ1) is 26.7. The summed E-state index contributed by atoms with van der Waals surface area (Å²) in [5, 5.41) is 35.8. The minimum atomic E-state index is -1.32. The normalized spacial score (nSPS) is 43.5. The number of aliphatic hydroxyl groups is 2. The third kappa shape index (κ3) is 8.84. The molecule has 0 saturated carbocycles. The number of amides is 1. The molecule has 4 saturated heterocycles. The van der Waals surface area contributed by atoms with Crippen molar-refractivity contribution in [2.45, 2.75) is 199 Å². The molecule has 0 aromatic rings. The summed E-state index contributed by atoms with van der Waals surface area (Å²) in [6, 6.07) is -0.662. The second-order valence-electron chi connectivity index (χ2n) is 18.7. The average Bonchev–Trinajstić information content (AvgIpc) is 3.52. The van der Waals surface area contributed by atoms with Crippen molar-refractivity contribution in [3.8, 4) is 0 Å². The predicted octanol–water partition coefficient (Wildman–Crippen LogP) is 6.50. The molecular formula is C45H73NO11. The largest absolute Gasteiger partial charge is 0.481 e. The van der Waals surface area contributed by atoms with E-state index in [4.69, 9.17) is 23.7 Å². The van der Waals surface area contributed by atoms with Crippen molar-refractivity contribution in [3.63, 3.8) is 0 Å². The Morgan fingerprint density at radius 2 is 1.61 bits per heavy atom. The molecule has 2 spiro atoms. The van der Waals surface area contributed by atoms with Crippen LogP contribution in [-0.4, -0.2) is 98.4 Å². The summed E-state index contributed by atoms with van der Waals surface area (Å²) >= 11 is 0. The molecule has 0 aromatic carbocycles. The first kappa shape index (κ1) is 45.9. The van der Waals surface area contributed by atoms with Gasteiger partial charge in [-0.05, 0) is 95.6 Å². The van der Waals surface area contributed by atoms with Gasteiger partial charge in [0.15, 0.2) is 11.6 Å². The quantitative estimate of drug-likeness (QED) is 0.112. The highest BCUT2D eigenvalue weighted by molar-refractivity contribution is 5.87. The van der Waals surface area contributed by atoms with E-state index in [1.54, 1.807) is 6.92 Å². The third-order valence-electron chi connectivity index (χ3n) is 15.0. The molecule has 0 unspecified atom stereocenters. The number of carboxylic acid groups (broad SMARTS) is 1. The maximum atomic E-state index is 14.6. The Morgan fingerprint density at radius 1 is 0.930 bits per heavy atom. The molecule has 57 heavy (non-hydrogen) atoms. The molecule has 0 aliphatic carbocycles. The van der Waals surface area contributed by atoms with E-state index in [2.05, 4.69) is 32.7 Å². The van der Waals surface area contributed by atoms with Gasteiger partial charge in [-0.1, -0.05) is 68.0 Å². The Balaban J connectivity index is 1.37. The predicted molar refractivity (Wildman–Crippen MR) is 215 cm³/mol. The van der Waals surface area contributed by atoms with Crippen LogP contribution >= 0.6 is 0 Å². The number of ketones is 1. The lowest BCUT2D eigenvalue weighted by atomic mass is 9.72. The van der Waals surface area contributed by atoms with Crippen molar-refractivity contribution in [1.29, 1.82) is 0 Å². The summed E-state index contributed by atoms with van der Waals surface area (Å²) in [4.78, 5) is 39.3. The van der Waals surface area contributed by atoms with Crippen molar-refractivity contribution in [2.75, 3.05) is 0 Å². The minimum Gasteiger partial charge on any atom is -0.481 e. The number of nitrogens with one attached hydrogen (secondary N) is 1. The van der Waals surface area contributed by atoms with E-state index in [0.717, 1.165) is 6.42 Å². The molecule has 18 atom stereocenters. The number of Topliss-reactive ketones (excluding diaryl/α,β-unsaturated/α-hetero) is 1. The lowest BCUT2D eigenvalue weighted by molar-refractivity contribution is -0.398. The number of rotatable bonds is 14. The van der Waals surface area contributed by atoms with Gasteiger partial charge < -0.3 is 44.3 Å². The number of ether oxygens (including phenoxy) is 5. The number of carboxylic acids is 1. The number of aliphatic carboxylic acids is 1. The van der Waals surface area contributed by atoms with Crippen LogP contribution in [0.3, 0.4) is 0 Å². The van der Waals surface area contributed by atoms with Crippen molar-refractivity contribution in [1.82, 2.24) is 5.32 Å². The molecule has 12 nitrogen and oxygen atoms in total. The van der Waals surface area contributed by atoms with Gasteiger partial charge in [0, 0.05) is 30.1 Å². The number of hydrogen-bond acceptors (Lipinski definition) is 10. The standard InChI is InChI=1S/C45H73NO11/c1-12-31(41(50)51)33-17-16-25(5)39(54-33)29(9)37(48)28(8)38(49)32(13-2)40-26(6)24-27(7)44(55-40)21-18-34(46-36(47)14-3)45(57-44)23-22-42(11,56-45)35-19-20-43(52,15-4)30(10)53-35/h14,18,21,25-35,37,39-40,48,52H,3,12-13,15-17,19-20,22-24H2,1-2,4-11H3,(H,46,47)(H,50,51)/t25-,26-,27+,28-,29-,30-,31+,32-,33+,34-,35+,37+,39+,40-,42-,43+,44-,45-/m0/s1. The SMILES string of the molecule is C=CC(=O)N[C@H]1C=C[C@]2(O[C@H]([C@@H](CC)C(=O)[C@@H](C)[C@@H](O)[C@H](C)[C@@H]3O[C@@H]([C@@H](CC)C(=O)O)CC[C@@H]3C)[C@@H](C)C[C@H]2C)O[C@@]12CC[C@@](C)([C@H]1CC[C@](O)(CC)[C@H](C)O1)O2. The van der Waals surface area contributed by atoms with Crippen LogP contribution in [0.2, 0.25) is 0 Å². The highest BCUT2D eigenvalue weighted by Crippen LogP contribution is 2.54. The fourth-order valence-corrected chi connectivity index (χ4v) is 10.9. The fourth-order valence-electron chi connectivity index (χ4n) is 10.9. The Morgan fingerprint density at radius 3 is 2.21 bits per heavy atom. The molecular weight excluding hydrogens is 730 g/mol. The summed E-state index contributed by atoms with van der Waals surface area (Å²) in [5.41, 5.74) is -1.69.